The first-order valence-electron chi connectivity index (χ1n) is 6.94. The van der Waals surface area contributed by atoms with Crippen LogP contribution in [0.3, 0.4) is 0 Å². The number of rotatable bonds is 6. The summed E-state index contributed by atoms with van der Waals surface area (Å²) in [4.78, 5) is 27.4. The topological polar surface area (TPSA) is 102 Å². The number of fused-ring (bicyclic) bond motifs is 1. The summed E-state index contributed by atoms with van der Waals surface area (Å²) in [6, 6.07) is 6.99. The van der Waals surface area contributed by atoms with E-state index in [2.05, 4.69) is 31.5 Å². The molecule has 0 saturated heterocycles. The zero-order valence-electron chi connectivity index (χ0n) is 12.2. The molecule has 0 aliphatic rings. The second-order valence-electron chi connectivity index (χ2n) is 4.79. The van der Waals surface area contributed by atoms with Gasteiger partial charge in [0, 0.05) is 28.5 Å². The molecule has 8 nitrogen and oxygen atoms in total. The van der Waals surface area contributed by atoms with Gasteiger partial charge in [0.25, 0.3) is 10.9 Å². The van der Waals surface area contributed by atoms with Crippen molar-refractivity contribution in [2.45, 2.75) is 0 Å². The number of nitrogens with zero attached hydrogens (tertiary/aromatic N) is 3. The maximum atomic E-state index is 12.0. The maximum Gasteiger partial charge on any atom is 0.372 e. The minimum absolute atomic E-state index is 0.106. The van der Waals surface area contributed by atoms with Gasteiger partial charge in [0.2, 0.25) is 5.82 Å². The Hall–Kier alpha value is -2.46. The number of nitro groups is 1. The average Bonchev–Trinajstić information content (AvgIpc) is 3.12. The van der Waals surface area contributed by atoms with E-state index in [-0.39, 0.29) is 17.5 Å². The van der Waals surface area contributed by atoms with Crippen molar-refractivity contribution >= 4 is 49.8 Å². The van der Waals surface area contributed by atoms with E-state index in [0.29, 0.717) is 23.6 Å². The van der Waals surface area contributed by atoms with Crippen LogP contribution in [0.15, 0.2) is 40.3 Å². The highest BCUT2D eigenvalue weighted by Gasteiger charge is 2.23. The number of imidazole rings is 1. The van der Waals surface area contributed by atoms with E-state index in [1.54, 1.807) is 35.8 Å². The number of hydrogen-bond acceptors (Lipinski definition) is 6. The zero-order valence-corrected chi connectivity index (χ0v) is 14.6. The Kier molecular flexibility index (Phi) is 4.76. The third-order valence-electron chi connectivity index (χ3n) is 3.22. The van der Waals surface area contributed by atoms with Crippen molar-refractivity contribution in [3.8, 4) is 0 Å². The van der Waals surface area contributed by atoms with Crippen molar-refractivity contribution < 1.29 is 9.72 Å². The van der Waals surface area contributed by atoms with E-state index >= 15 is 0 Å². The van der Waals surface area contributed by atoms with E-state index in [1.807, 2.05) is 0 Å². The van der Waals surface area contributed by atoms with Crippen molar-refractivity contribution in [2.24, 2.45) is 0 Å². The first-order chi connectivity index (χ1) is 11.6. The van der Waals surface area contributed by atoms with Gasteiger partial charge in [-0.1, -0.05) is 27.3 Å². The Balaban J connectivity index is 1.58. The highest BCUT2D eigenvalue weighted by Crippen LogP contribution is 2.27. The van der Waals surface area contributed by atoms with Gasteiger partial charge < -0.3 is 20.7 Å². The van der Waals surface area contributed by atoms with Crippen molar-refractivity contribution in [2.75, 3.05) is 18.4 Å². The number of carbonyl (C=O) groups is 1. The summed E-state index contributed by atoms with van der Waals surface area (Å²) in [6.45, 7) is 0.644. The molecule has 124 valence electrons. The van der Waals surface area contributed by atoms with Crippen LogP contribution in [0.5, 0.6) is 0 Å². The van der Waals surface area contributed by atoms with E-state index in [0.717, 1.165) is 4.47 Å². The molecule has 24 heavy (non-hydrogen) atoms. The lowest BCUT2D eigenvalue weighted by Crippen LogP contribution is -2.28. The van der Waals surface area contributed by atoms with Gasteiger partial charge in [0.15, 0.2) is 0 Å². The number of benzene rings is 1. The zero-order chi connectivity index (χ0) is 17.1. The molecule has 1 aromatic carbocycles. The number of thiazole rings is 1. The largest absolute Gasteiger partial charge is 0.372 e. The van der Waals surface area contributed by atoms with Crippen LogP contribution in [-0.4, -0.2) is 33.3 Å². The van der Waals surface area contributed by atoms with Gasteiger partial charge in [-0.25, -0.2) is 0 Å². The second kappa shape index (κ2) is 6.97. The number of carbonyl (C=O) groups excluding carboxylic acids is 1. The minimum atomic E-state index is -0.477. The summed E-state index contributed by atoms with van der Waals surface area (Å²) in [5.74, 6) is -0.111. The van der Waals surface area contributed by atoms with Crippen LogP contribution in [-0.2, 0) is 0 Å². The van der Waals surface area contributed by atoms with E-state index < -0.39 is 4.92 Å². The monoisotopic (exact) mass is 409 g/mol. The van der Waals surface area contributed by atoms with Crippen LogP contribution >= 0.6 is 27.3 Å². The lowest BCUT2D eigenvalue weighted by Gasteiger charge is -2.06. The van der Waals surface area contributed by atoms with E-state index in [4.69, 9.17) is 0 Å². The summed E-state index contributed by atoms with van der Waals surface area (Å²) in [7, 11) is 0. The molecular weight excluding hydrogens is 398 g/mol. The Bertz CT molecular complexity index is 890. The molecule has 3 aromatic rings. The first-order valence-corrected chi connectivity index (χ1v) is 8.61. The molecule has 2 heterocycles. The summed E-state index contributed by atoms with van der Waals surface area (Å²) in [5, 5.41) is 18.6. The van der Waals surface area contributed by atoms with Crippen molar-refractivity contribution in [3.05, 3.63) is 56.0 Å². The summed E-state index contributed by atoms with van der Waals surface area (Å²) in [6.07, 6.45) is 1.60. The molecule has 3 rings (SSSR count). The number of amides is 1. The highest BCUT2D eigenvalue weighted by molar-refractivity contribution is 9.10. The van der Waals surface area contributed by atoms with Gasteiger partial charge in [0.05, 0.1) is 0 Å². The van der Waals surface area contributed by atoms with Gasteiger partial charge in [-0.3, -0.25) is 4.79 Å². The molecule has 0 spiro atoms. The minimum Gasteiger partial charge on any atom is -0.361 e. The van der Waals surface area contributed by atoms with Crippen LogP contribution in [0.2, 0.25) is 0 Å². The fourth-order valence-corrected chi connectivity index (χ4v) is 3.10. The van der Waals surface area contributed by atoms with Gasteiger partial charge in [-0.15, -0.1) is 0 Å². The van der Waals surface area contributed by atoms with Crippen LogP contribution in [0, 0.1) is 10.1 Å². The molecule has 0 aliphatic heterocycles. The Morgan fingerprint density at radius 1 is 1.33 bits per heavy atom. The summed E-state index contributed by atoms with van der Waals surface area (Å²) in [5.41, 5.74) is 0.548. The molecule has 1 amide bonds. The van der Waals surface area contributed by atoms with E-state index in [1.165, 1.54) is 15.7 Å². The molecule has 10 heteroatoms. The van der Waals surface area contributed by atoms with Crippen LogP contribution in [0.25, 0.3) is 4.96 Å². The molecule has 0 aliphatic carbocycles. The number of aromatic nitrogens is 2. The Labute approximate surface area is 148 Å². The standard InChI is InChI=1S/C14H12BrN5O3S/c15-10-3-1-9(2-4-10)12(21)17-6-5-16-11-13(20(22)23)19-7-8-24-14(19)18-11/h1-4,7-8,16H,5-6H2,(H,17,21). The van der Waals surface area contributed by atoms with Crippen molar-refractivity contribution in [1.82, 2.24) is 14.7 Å². The molecule has 2 N–H and O–H groups in total. The highest BCUT2D eigenvalue weighted by atomic mass is 79.9. The number of hydrogen-bond donors (Lipinski definition) is 2. The third kappa shape index (κ3) is 3.39. The number of halogens is 1. The lowest BCUT2D eigenvalue weighted by atomic mass is 10.2. The Morgan fingerprint density at radius 2 is 2.08 bits per heavy atom. The van der Waals surface area contributed by atoms with Gasteiger partial charge in [-0.05, 0) is 29.2 Å². The molecule has 0 fully saturated rings. The third-order valence-corrected chi connectivity index (χ3v) is 4.50. The summed E-state index contributed by atoms with van der Waals surface area (Å²) < 4.78 is 2.32. The van der Waals surface area contributed by atoms with Crippen LogP contribution in [0.4, 0.5) is 11.6 Å². The van der Waals surface area contributed by atoms with Gasteiger partial charge >= 0.3 is 5.82 Å². The Morgan fingerprint density at radius 3 is 2.79 bits per heavy atom. The normalized spacial score (nSPS) is 10.7. The molecule has 0 saturated carbocycles. The fraction of sp³-hybridized carbons (Fsp3) is 0.143. The average molecular weight is 410 g/mol. The quantitative estimate of drug-likeness (QED) is 0.370. The van der Waals surface area contributed by atoms with Gasteiger partial charge in [-0.2, -0.15) is 9.38 Å². The summed E-state index contributed by atoms with van der Waals surface area (Å²) >= 11 is 4.63. The molecule has 2 aromatic heterocycles. The first kappa shape index (κ1) is 16.4. The second-order valence-corrected chi connectivity index (χ2v) is 6.57. The fourth-order valence-electron chi connectivity index (χ4n) is 2.13. The molecular formula is C14H12BrN5O3S. The predicted octanol–water partition coefficient (Wildman–Crippen LogP) is 2.91. The van der Waals surface area contributed by atoms with Crippen molar-refractivity contribution in [3.63, 3.8) is 0 Å². The van der Waals surface area contributed by atoms with Crippen LogP contribution in [0.1, 0.15) is 10.4 Å². The van der Waals surface area contributed by atoms with Gasteiger partial charge in [0.1, 0.15) is 6.20 Å². The van der Waals surface area contributed by atoms with Crippen molar-refractivity contribution in [1.29, 1.82) is 0 Å². The predicted molar refractivity (Wildman–Crippen MR) is 94.7 cm³/mol. The smallest absolute Gasteiger partial charge is 0.361 e. The van der Waals surface area contributed by atoms with E-state index in [9.17, 15) is 14.9 Å². The molecule has 0 unspecified atom stereocenters. The molecule has 0 bridgehead atoms. The SMILES string of the molecule is O=C(NCCNc1nc2sccn2c1[N+](=O)[O-])c1ccc(Br)cc1. The molecule has 0 atom stereocenters. The number of anilines is 1. The molecule has 0 radical (unpaired) electrons. The lowest BCUT2D eigenvalue weighted by molar-refractivity contribution is -0.389. The number of nitrogens with one attached hydrogen (secondary N) is 2. The maximum absolute atomic E-state index is 12.0. The van der Waals surface area contributed by atoms with Crippen LogP contribution < -0.4 is 10.6 Å².